The smallest absolute Gasteiger partial charge is 0.264 e. The van der Waals surface area contributed by atoms with Crippen molar-refractivity contribution >= 4 is 39.1 Å². The fourth-order valence-electron chi connectivity index (χ4n) is 4.90. The van der Waals surface area contributed by atoms with Gasteiger partial charge < -0.3 is 15.0 Å². The first-order valence-corrected chi connectivity index (χ1v) is 16.6. The van der Waals surface area contributed by atoms with Gasteiger partial charge in [-0.3, -0.25) is 13.9 Å². The molecule has 10 heteroatoms. The van der Waals surface area contributed by atoms with Crippen molar-refractivity contribution in [3.63, 3.8) is 0 Å². The van der Waals surface area contributed by atoms with E-state index in [2.05, 4.69) is 5.32 Å². The second-order valence-electron chi connectivity index (χ2n) is 10.5. The number of sulfonamides is 1. The van der Waals surface area contributed by atoms with E-state index in [4.69, 9.17) is 16.3 Å². The number of ether oxygens (including phenoxy) is 1. The lowest BCUT2D eigenvalue weighted by atomic mass is 10.0. The zero-order valence-electron chi connectivity index (χ0n) is 25.4. The van der Waals surface area contributed by atoms with Crippen LogP contribution in [0, 0.1) is 0 Å². The molecule has 0 aliphatic rings. The van der Waals surface area contributed by atoms with Crippen molar-refractivity contribution in [1.29, 1.82) is 0 Å². The lowest BCUT2D eigenvalue weighted by Crippen LogP contribution is -2.53. The quantitative estimate of drug-likeness (QED) is 0.157. The Labute approximate surface area is 270 Å². The molecule has 1 atom stereocenters. The summed E-state index contributed by atoms with van der Waals surface area (Å²) in [5.74, 6) is -0.486. The second-order valence-corrected chi connectivity index (χ2v) is 12.8. The van der Waals surface area contributed by atoms with Crippen LogP contribution >= 0.6 is 11.6 Å². The Kier molecular flexibility index (Phi) is 12.0. The molecule has 0 spiro atoms. The third-order valence-corrected chi connectivity index (χ3v) is 9.41. The molecule has 0 saturated heterocycles. The van der Waals surface area contributed by atoms with Crippen molar-refractivity contribution in [1.82, 2.24) is 10.2 Å². The highest BCUT2D eigenvalue weighted by molar-refractivity contribution is 7.92. The zero-order chi connectivity index (χ0) is 32.2. The second kappa shape index (κ2) is 16.1. The van der Waals surface area contributed by atoms with Crippen LogP contribution in [0.15, 0.2) is 114 Å². The number of nitrogens with one attached hydrogen (secondary N) is 1. The third kappa shape index (κ3) is 8.86. The summed E-state index contributed by atoms with van der Waals surface area (Å²) in [7, 11) is -2.77. The predicted octanol–water partition coefficient (Wildman–Crippen LogP) is 6.10. The van der Waals surface area contributed by atoms with Crippen molar-refractivity contribution in [3.8, 4) is 5.75 Å². The van der Waals surface area contributed by atoms with Gasteiger partial charge in [0, 0.05) is 19.5 Å². The van der Waals surface area contributed by atoms with E-state index in [0.717, 1.165) is 28.3 Å². The Bertz CT molecular complexity index is 1650. The van der Waals surface area contributed by atoms with Gasteiger partial charge >= 0.3 is 0 Å². The van der Waals surface area contributed by atoms with E-state index in [1.54, 1.807) is 30.3 Å². The molecule has 2 amide bonds. The van der Waals surface area contributed by atoms with Gasteiger partial charge in [-0.2, -0.15) is 0 Å². The molecule has 0 saturated carbocycles. The first-order chi connectivity index (χ1) is 21.7. The van der Waals surface area contributed by atoms with Crippen LogP contribution in [0.25, 0.3) is 0 Å². The summed E-state index contributed by atoms with van der Waals surface area (Å²) >= 11 is 6.42. The molecular formula is C35H38ClN3O5S. The Balaban J connectivity index is 1.79. The maximum absolute atomic E-state index is 14.5. The molecule has 0 aliphatic heterocycles. The lowest BCUT2D eigenvalue weighted by Gasteiger charge is -2.34. The lowest BCUT2D eigenvalue weighted by molar-refractivity contribution is -0.140. The molecule has 4 aromatic rings. The number of amides is 2. The van der Waals surface area contributed by atoms with E-state index < -0.39 is 28.5 Å². The van der Waals surface area contributed by atoms with Crippen molar-refractivity contribution in [2.75, 3.05) is 24.5 Å². The van der Waals surface area contributed by atoms with Gasteiger partial charge in [0.15, 0.2) is 0 Å². The Hall–Kier alpha value is -4.34. The number of nitrogens with zero attached hydrogens (tertiary/aromatic N) is 2. The molecule has 0 bridgehead atoms. The molecular weight excluding hydrogens is 610 g/mol. The number of hydrogen-bond acceptors (Lipinski definition) is 5. The number of rotatable bonds is 15. The van der Waals surface area contributed by atoms with Crippen molar-refractivity contribution in [2.24, 2.45) is 0 Å². The molecule has 0 aromatic heterocycles. The van der Waals surface area contributed by atoms with E-state index >= 15 is 0 Å². The van der Waals surface area contributed by atoms with Gasteiger partial charge in [-0.15, -0.1) is 0 Å². The van der Waals surface area contributed by atoms with E-state index in [0.29, 0.717) is 12.3 Å². The fourth-order valence-corrected chi connectivity index (χ4v) is 6.58. The van der Waals surface area contributed by atoms with E-state index in [9.17, 15) is 18.0 Å². The highest BCUT2D eigenvalue weighted by Gasteiger charge is 2.34. The van der Waals surface area contributed by atoms with Crippen LogP contribution in [0.5, 0.6) is 5.75 Å². The summed E-state index contributed by atoms with van der Waals surface area (Å²) in [5, 5.41) is 3.18. The van der Waals surface area contributed by atoms with Crippen LogP contribution in [-0.2, 0) is 32.6 Å². The number of carbonyl (C=O) groups excluding carboxylic acids is 2. The number of methoxy groups -OCH3 is 1. The largest absolute Gasteiger partial charge is 0.495 e. The average Bonchev–Trinajstić information content (AvgIpc) is 3.06. The van der Waals surface area contributed by atoms with Crippen LogP contribution < -0.4 is 14.4 Å². The first kappa shape index (κ1) is 33.6. The van der Waals surface area contributed by atoms with Crippen molar-refractivity contribution in [3.05, 3.63) is 125 Å². The number of carbonyl (C=O) groups is 2. The number of hydrogen-bond donors (Lipinski definition) is 1. The highest BCUT2D eigenvalue weighted by Crippen LogP contribution is 2.32. The molecule has 0 radical (unpaired) electrons. The van der Waals surface area contributed by atoms with Gasteiger partial charge in [-0.05, 0) is 47.9 Å². The topological polar surface area (TPSA) is 96.0 Å². The summed E-state index contributed by atoms with van der Waals surface area (Å²) in [5.41, 5.74) is 1.86. The van der Waals surface area contributed by atoms with Crippen LogP contribution in [0.4, 0.5) is 5.69 Å². The highest BCUT2D eigenvalue weighted by atomic mass is 35.5. The summed E-state index contributed by atoms with van der Waals surface area (Å²) < 4.78 is 34.5. The zero-order valence-corrected chi connectivity index (χ0v) is 27.0. The van der Waals surface area contributed by atoms with Crippen molar-refractivity contribution < 1.29 is 22.7 Å². The molecule has 8 nitrogen and oxygen atoms in total. The van der Waals surface area contributed by atoms with Crippen LogP contribution in [0.1, 0.15) is 30.9 Å². The molecule has 0 unspecified atom stereocenters. The molecule has 0 aliphatic carbocycles. The minimum absolute atomic E-state index is 0.0116. The molecule has 236 valence electrons. The molecule has 4 aromatic carbocycles. The Morgan fingerprint density at radius 1 is 0.867 bits per heavy atom. The summed E-state index contributed by atoms with van der Waals surface area (Å²) in [6.07, 6.45) is 1.93. The Morgan fingerprint density at radius 3 is 2.04 bits per heavy atom. The van der Waals surface area contributed by atoms with Crippen LogP contribution in [0.3, 0.4) is 0 Å². The van der Waals surface area contributed by atoms with E-state index in [1.807, 2.05) is 67.6 Å². The average molecular weight is 648 g/mol. The van der Waals surface area contributed by atoms with E-state index in [1.165, 1.54) is 30.2 Å². The number of anilines is 1. The monoisotopic (exact) mass is 647 g/mol. The maximum atomic E-state index is 14.5. The van der Waals surface area contributed by atoms with Gasteiger partial charge in [-0.1, -0.05) is 104 Å². The molecule has 0 heterocycles. The van der Waals surface area contributed by atoms with E-state index in [-0.39, 0.29) is 34.5 Å². The normalized spacial score (nSPS) is 11.8. The minimum atomic E-state index is -4.23. The van der Waals surface area contributed by atoms with Gasteiger partial charge in [0.25, 0.3) is 10.0 Å². The maximum Gasteiger partial charge on any atom is 0.264 e. The summed E-state index contributed by atoms with van der Waals surface area (Å²) in [6.45, 7) is 2.03. The van der Waals surface area contributed by atoms with Gasteiger partial charge in [-0.25, -0.2) is 8.42 Å². The first-order valence-electron chi connectivity index (χ1n) is 14.8. The van der Waals surface area contributed by atoms with Gasteiger partial charge in [0.1, 0.15) is 18.3 Å². The standard InChI is InChI=1S/C35H38ClN3O5S/c1-3-4-22-37-35(41)32(23-27-14-8-5-9-15-27)38(25-28-16-10-6-11-17-28)34(40)26-39(29-20-21-33(44-2)31(36)24-29)45(42,43)30-18-12-7-13-19-30/h5-21,24,32H,3-4,22-23,25-26H2,1-2H3,(H,37,41)/t32-/m0/s1. The summed E-state index contributed by atoms with van der Waals surface area (Å²) in [6, 6.07) is 30.3. The fraction of sp³-hybridized carbons (Fsp3) is 0.257. The molecule has 0 fully saturated rings. The third-order valence-electron chi connectivity index (χ3n) is 7.33. The van der Waals surface area contributed by atoms with Crippen LogP contribution in [0.2, 0.25) is 5.02 Å². The van der Waals surface area contributed by atoms with Gasteiger partial charge in [0.2, 0.25) is 11.8 Å². The summed E-state index contributed by atoms with van der Waals surface area (Å²) in [4.78, 5) is 29.7. The van der Waals surface area contributed by atoms with Crippen LogP contribution in [-0.4, -0.2) is 51.4 Å². The van der Waals surface area contributed by atoms with Gasteiger partial charge in [0.05, 0.1) is 22.7 Å². The number of halogens is 1. The van der Waals surface area contributed by atoms with Crippen molar-refractivity contribution in [2.45, 2.75) is 43.7 Å². The number of unbranched alkanes of at least 4 members (excludes halogenated alkanes) is 1. The number of benzene rings is 4. The molecule has 4 rings (SSSR count). The molecule has 45 heavy (non-hydrogen) atoms. The Morgan fingerprint density at radius 2 is 1.47 bits per heavy atom. The SMILES string of the molecule is CCCCNC(=O)[C@H](Cc1ccccc1)N(Cc1ccccc1)C(=O)CN(c1ccc(OC)c(Cl)c1)S(=O)(=O)c1ccccc1. The molecule has 1 N–H and O–H groups in total. The predicted molar refractivity (Wildman–Crippen MR) is 178 cm³/mol. The minimum Gasteiger partial charge on any atom is -0.495 e.